The molecule has 1 N–H and O–H groups in total. The van der Waals surface area contributed by atoms with Crippen molar-refractivity contribution in [2.24, 2.45) is 5.92 Å². The number of hydrogen-bond acceptors (Lipinski definition) is 6. The first-order chi connectivity index (χ1) is 14.4. The minimum atomic E-state index is -0.554. The summed E-state index contributed by atoms with van der Waals surface area (Å²) < 4.78 is 5.05. The van der Waals surface area contributed by atoms with Crippen LogP contribution in [0.2, 0.25) is 0 Å². The third-order valence-electron chi connectivity index (χ3n) is 5.70. The summed E-state index contributed by atoms with van der Waals surface area (Å²) in [4.78, 5) is 45.4. The first kappa shape index (κ1) is 22.7. The van der Waals surface area contributed by atoms with Crippen LogP contribution in [0.25, 0.3) is 0 Å². The zero-order valence-corrected chi connectivity index (χ0v) is 18.8. The first-order valence-corrected chi connectivity index (χ1v) is 11.4. The molecule has 9 heteroatoms. The molecule has 1 aromatic heterocycles. The fourth-order valence-electron chi connectivity index (χ4n) is 4.14. The maximum Gasteiger partial charge on any atom is 0.249 e. The highest BCUT2D eigenvalue weighted by Crippen LogP contribution is 2.28. The largest absolute Gasteiger partial charge is 0.375 e. The fourth-order valence-corrected chi connectivity index (χ4v) is 4.84. The Hall–Kier alpha value is -1.97. The molecule has 3 heterocycles. The maximum atomic E-state index is 13.3. The van der Waals surface area contributed by atoms with Crippen LogP contribution < -0.4 is 5.32 Å². The van der Waals surface area contributed by atoms with Crippen LogP contribution >= 0.6 is 11.3 Å². The molecule has 0 spiro atoms. The van der Waals surface area contributed by atoms with Gasteiger partial charge in [0, 0.05) is 50.6 Å². The molecule has 0 aliphatic carbocycles. The molecule has 2 aliphatic rings. The van der Waals surface area contributed by atoms with Crippen LogP contribution in [0.3, 0.4) is 0 Å². The highest BCUT2D eigenvalue weighted by molar-refractivity contribution is 7.09. The van der Waals surface area contributed by atoms with E-state index in [1.54, 1.807) is 16.2 Å². The predicted octanol–water partition coefficient (Wildman–Crippen LogP) is 0.780. The molecule has 2 aliphatic heterocycles. The maximum absolute atomic E-state index is 13.3. The Labute approximate surface area is 182 Å². The van der Waals surface area contributed by atoms with Gasteiger partial charge in [-0.15, -0.1) is 11.3 Å². The van der Waals surface area contributed by atoms with Crippen molar-refractivity contribution < 1.29 is 19.1 Å². The van der Waals surface area contributed by atoms with E-state index in [2.05, 4.69) is 5.32 Å². The highest BCUT2D eigenvalue weighted by Gasteiger charge is 2.44. The van der Waals surface area contributed by atoms with E-state index in [9.17, 15) is 14.4 Å². The molecule has 3 amide bonds. The van der Waals surface area contributed by atoms with Crippen LogP contribution in [0.15, 0.2) is 17.5 Å². The Balaban J connectivity index is 1.83. The summed E-state index contributed by atoms with van der Waals surface area (Å²) in [7, 11) is 1.48. The summed E-state index contributed by atoms with van der Waals surface area (Å²) in [6.07, 6.45) is 0.460. The number of nitrogens with zero attached hydrogens (tertiary/aromatic N) is 3. The molecule has 166 valence electrons. The quantitative estimate of drug-likeness (QED) is 0.683. The Morgan fingerprint density at radius 2 is 2.03 bits per heavy atom. The van der Waals surface area contributed by atoms with Crippen molar-refractivity contribution in [2.75, 3.05) is 46.4 Å². The molecule has 8 nitrogen and oxygen atoms in total. The number of rotatable bonds is 7. The molecule has 1 aromatic rings. The van der Waals surface area contributed by atoms with Gasteiger partial charge in [-0.05, 0) is 17.9 Å². The van der Waals surface area contributed by atoms with E-state index in [-0.39, 0.29) is 36.3 Å². The van der Waals surface area contributed by atoms with Gasteiger partial charge in [-0.2, -0.15) is 0 Å². The van der Waals surface area contributed by atoms with Gasteiger partial charge in [0.05, 0.1) is 12.6 Å². The number of carbonyl (C=O) groups is 3. The average Bonchev–Trinajstić information content (AvgIpc) is 3.41. The smallest absolute Gasteiger partial charge is 0.249 e. The van der Waals surface area contributed by atoms with Crippen LogP contribution in [0.1, 0.15) is 25.1 Å². The number of hydrogen-bond donors (Lipinski definition) is 1. The van der Waals surface area contributed by atoms with Crippen LogP contribution in [0.4, 0.5) is 0 Å². The molecule has 0 saturated carbocycles. The lowest BCUT2D eigenvalue weighted by Crippen LogP contribution is -2.53. The van der Waals surface area contributed by atoms with Crippen molar-refractivity contribution in [1.29, 1.82) is 0 Å². The second-order valence-corrected chi connectivity index (χ2v) is 9.19. The molecule has 2 unspecified atom stereocenters. The standard InChI is InChI=1S/C21H32N4O4S/c1-15(2)20(27)24(13-17-5-4-10-30-17)16-11-18(25(12-16)19(26)14-29-3)21(28)23-8-6-22-7-9-23/h4-5,10,15-16,18,22H,6-9,11-14H2,1-3H3. The molecule has 0 radical (unpaired) electrons. The third-order valence-corrected chi connectivity index (χ3v) is 6.57. The number of amides is 3. The van der Waals surface area contributed by atoms with Crippen LogP contribution in [-0.2, 0) is 25.7 Å². The van der Waals surface area contributed by atoms with Crippen molar-refractivity contribution in [3.63, 3.8) is 0 Å². The zero-order valence-electron chi connectivity index (χ0n) is 18.0. The lowest BCUT2D eigenvalue weighted by atomic mass is 10.1. The number of ether oxygens (including phenoxy) is 1. The third kappa shape index (κ3) is 5.19. The van der Waals surface area contributed by atoms with Crippen molar-refractivity contribution in [3.8, 4) is 0 Å². The molecule has 2 fully saturated rings. The number of carbonyl (C=O) groups excluding carboxylic acids is 3. The monoisotopic (exact) mass is 436 g/mol. The molecule has 0 aromatic carbocycles. The Morgan fingerprint density at radius 3 is 2.63 bits per heavy atom. The molecule has 3 rings (SSSR count). The second-order valence-electron chi connectivity index (χ2n) is 8.16. The first-order valence-electron chi connectivity index (χ1n) is 10.5. The van der Waals surface area contributed by atoms with E-state index in [1.807, 2.05) is 41.2 Å². The van der Waals surface area contributed by atoms with E-state index >= 15 is 0 Å². The van der Waals surface area contributed by atoms with Gasteiger partial charge in [0.2, 0.25) is 17.7 Å². The van der Waals surface area contributed by atoms with Gasteiger partial charge < -0.3 is 24.8 Å². The SMILES string of the molecule is COCC(=O)N1CC(N(Cc2cccs2)C(=O)C(C)C)CC1C(=O)N1CCNCC1. The predicted molar refractivity (Wildman–Crippen MR) is 115 cm³/mol. The van der Waals surface area contributed by atoms with E-state index < -0.39 is 6.04 Å². The highest BCUT2D eigenvalue weighted by atomic mass is 32.1. The number of nitrogens with one attached hydrogen (secondary N) is 1. The summed E-state index contributed by atoms with van der Waals surface area (Å²) in [6, 6.07) is 3.23. The van der Waals surface area contributed by atoms with Gasteiger partial charge in [-0.3, -0.25) is 14.4 Å². The summed E-state index contributed by atoms with van der Waals surface area (Å²) in [5.41, 5.74) is 0. The zero-order chi connectivity index (χ0) is 21.7. The van der Waals surface area contributed by atoms with Crippen LogP contribution in [-0.4, -0.2) is 90.9 Å². The number of piperazine rings is 1. The summed E-state index contributed by atoms with van der Waals surface area (Å²) in [6.45, 7) is 7.34. The van der Waals surface area contributed by atoms with Crippen LogP contribution in [0, 0.1) is 5.92 Å². The Morgan fingerprint density at radius 1 is 1.30 bits per heavy atom. The Kier molecular flexibility index (Phi) is 7.85. The van der Waals surface area contributed by atoms with Gasteiger partial charge in [0.25, 0.3) is 0 Å². The lowest BCUT2D eigenvalue weighted by Gasteiger charge is -2.32. The summed E-state index contributed by atoms with van der Waals surface area (Å²) in [5.74, 6) is -0.350. The summed E-state index contributed by atoms with van der Waals surface area (Å²) >= 11 is 1.61. The van der Waals surface area contributed by atoms with Gasteiger partial charge >= 0.3 is 0 Å². The molecule has 30 heavy (non-hydrogen) atoms. The van der Waals surface area contributed by atoms with Gasteiger partial charge in [0.1, 0.15) is 12.6 Å². The van der Waals surface area contributed by atoms with E-state index in [0.29, 0.717) is 32.6 Å². The van der Waals surface area contributed by atoms with Crippen LogP contribution in [0.5, 0.6) is 0 Å². The van der Waals surface area contributed by atoms with Crippen molar-refractivity contribution in [3.05, 3.63) is 22.4 Å². The van der Waals surface area contributed by atoms with Crippen molar-refractivity contribution in [2.45, 2.75) is 38.9 Å². The normalized spacial score (nSPS) is 21.9. The van der Waals surface area contributed by atoms with Gasteiger partial charge in [-0.1, -0.05) is 19.9 Å². The second kappa shape index (κ2) is 10.4. The average molecular weight is 437 g/mol. The Bertz CT molecular complexity index is 733. The molecule has 2 saturated heterocycles. The van der Waals surface area contributed by atoms with Crippen molar-refractivity contribution in [1.82, 2.24) is 20.0 Å². The van der Waals surface area contributed by atoms with Gasteiger partial charge in [-0.25, -0.2) is 0 Å². The number of likely N-dealkylation sites (tertiary alicyclic amines) is 1. The van der Waals surface area contributed by atoms with Gasteiger partial charge in [0.15, 0.2) is 0 Å². The molecular weight excluding hydrogens is 404 g/mol. The van der Waals surface area contributed by atoms with E-state index in [1.165, 1.54) is 7.11 Å². The number of methoxy groups -OCH3 is 1. The number of thiophene rings is 1. The van der Waals surface area contributed by atoms with Crippen molar-refractivity contribution >= 4 is 29.1 Å². The van der Waals surface area contributed by atoms with E-state index in [4.69, 9.17) is 4.74 Å². The summed E-state index contributed by atoms with van der Waals surface area (Å²) in [5, 5.41) is 5.24. The lowest BCUT2D eigenvalue weighted by molar-refractivity contribution is -0.146. The molecule has 0 bridgehead atoms. The molecular formula is C21H32N4O4S. The minimum absolute atomic E-state index is 0.0310. The topological polar surface area (TPSA) is 82.2 Å². The minimum Gasteiger partial charge on any atom is -0.375 e. The fraction of sp³-hybridized carbons (Fsp3) is 0.667. The molecule has 2 atom stereocenters. The van der Waals surface area contributed by atoms with E-state index in [0.717, 1.165) is 18.0 Å².